The molecule has 25 heavy (non-hydrogen) atoms. The Hall–Kier alpha value is 0.0700. The highest BCUT2D eigenvalue weighted by molar-refractivity contribution is 7.46. The maximum Gasteiger partial charge on any atom is 0.470 e. The Morgan fingerprint density at radius 1 is 0.800 bits per heavy atom. The second kappa shape index (κ2) is 14.2. The number of quaternary nitrogens is 1. The van der Waals surface area contributed by atoms with Crippen LogP contribution in [0.5, 0.6) is 0 Å². The van der Waals surface area contributed by atoms with Crippen LogP contribution in [0.3, 0.4) is 0 Å². The summed E-state index contributed by atoms with van der Waals surface area (Å²) in [5, 5.41) is 0. The van der Waals surface area contributed by atoms with Crippen LogP contribution in [0.4, 0.5) is 0 Å². The van der Waals surface area contributed by atoms with Gasteiger partial charge in [-0.3, -0.25) is 4.52 Å². The molecule has 0 aromatic rings. The number of nitrogens with zero attached hydrogens (tertiary/aromatic N) is 1. The average Bonchev–Trinajstić information content (AvgIpc) is 2.45. The van der Waals surface area contributed by atoms with Gasteiger partial charge in [0.15, 0.2) is 0 Å². The summed E-state index contributed by atoms with van der Waals surface area (Å²) in [6, 6.07) is 0. The van der Waals surface area contributed by atoms with E-state index in [4.69, 9.17) is 14.3 Å². The van der Waals surface area contributed by atoms with E-state index in [0.717, 1.165) is 19.3 Å². The number of likely N-dealkylation sites (N-methyl/N-ethyl adjacent to an activating group) is 1. The first kappa shape index (κ1) is 25.1. The lowest BCUT2D eigenvalue weighted by molar-refractivity contribution is -0.873. The Balaban J connectivity index is 3.66. The first-order valence-electron chi connectivity index (χ1n) is 10.2. The van der Waals surface area contributed by atoms with Crippen molar-refractivity contribution >= 4 is 7.82 Å². The van der Waals surface area contributed by atoms with Gasteiger partial charge in [0.05, 0.1) is 21.1 Å². The van der Waals surface area contributed by atoms with Crippen molar-refractivity contribution < 1.29 is 23.4 Å². The molecule has 6 heteroatoms. The van der Waals surface area contributed by atoms with Gasteiger partial charge in [-0.15, -0.1) is 0 Å². The smallest absolute Gasteiger partial charge is 0.329 e. The Morgan fingerprint density at radius 2 is 1.20 bits per heavy atom. The van der Waals surface area contributed by atoms with Crippen molar-refractivity contribution in [2.24, 2.45) is 0 Å². The average molecular weight is 381 g/mol. The van der Waals surface area contributed by atoms with Crippen molar-refractivity contribution in [3.63, 3.8) is 0 Å². The lowest BCUT2D eigenvalue weighted by Crippen LogP contribution is -2.42. The second-order valence-electron chi connectivity index (χ2n) is 8.37. The summed E-state index contributed by atoms with van der Waals surface area (Å²) < 4.78 is 16.7. The van der Waals surface area contributed by atoms with Gasteiger partial charge >= 0.3 is 7.82 Å². The number of rotatable bonds is 17. The van der Waals surface area contributed by atoms with E-state index in [2.05, 4.69) is 6.92 Å². The molecule has 0 aliphatic heterocycles. The van der Waals surface area contributed by atoms with Crippen molar-refractivity contribution in [3.8, 4) is 0 Å². The normalized spacial score (nSPS) is 14.0. The predicted molar refractivity (Wildman–Crippen MR) is 106 cm³/mol. The topological polar surface area (TPSA) is 66.8 Å². The van der Waals surface area contributed by atoms with Gasteiger partial charge in [-0.25, -0.2) is 4.57 Å². The summed E-state index contributed by atoms with van der Waals surface area (Å²) in [6.07, 6.45) is 15.8. The largest absolute Gasteiger partial charge is 0.470 e. The lowest BCUT2D eigenvalue weighted by atomic mass is 10.0. The highest BCUT2D eigenvalue weighted by Crippen LogP contribution is 2.39. The van der Waals surface area contributed by atoms with E-state index >= 15 is 0 Å². The number of hydrogen-bond donors (Lipinski definition) is 2. The number of phosphoric acid groups is 1. The van der Waals surface area contributed by atoms with Crippen molar-refractivity contribution in [3.05, 3.63) is 0 Å². The molecule has 0 radical (unpaired) electrons. The maximum atomic E-state index is 11.1. The molecule has 0 aliphatic rings. The zero-order valence-corrected chi connectivity index (χ0v) is 18.0. The monoisotopic (exact) mass is 380 g/mol. The quantitative estimate of drug-likeness (QED) is 0.205. The minimum absolute atomic E-state index is 0.371. The molecule has 0 saturated carbocycles. The molecule has 0 bridgehead atoms. The molecule has 2 N–H and O–H groups in total. The van der Waals surface area contributed by atoms with Crippen molar-refractivity contribution in [2.75, 3.05) is 27.7 Å². The molecule has 0 spiro atoms. The van der Waals surface area contributed by atoms with Crippen LogP contribution in [0.25, 0.3) is 0 Å². The molecule has 5 nitrogen and oxygen atoms in total. The summed E-state index contributed by atoms with van der Waals surface area (Å²) in [6.45, 7) is 2.87. The van der Waals surface area contributed by atoms with E-state index < -0.39 is 7.82 Å². The van der Waals surface area contributed by atoms with Crippen LogP contribution in [0.1, 0.15) is 90.4 Å². The van der Waals surface area contributed by atoms with E-state index in [-0.39, 0.29) is 6.10 Å². The third-order valence-corrected chi connectivity index (χ3v) is 4.99. The minimum Gasteiger partial charge on any atom is -0.329 e. The molecule has 0 rings (SSSR count). The Bertz CT molecular complexity index is 352. The van der Waals surface area contributed by atoms with Crippen LogP contribution < -0.4 is 0 Å². The van der Waals surface area contributed by atoms with Crippen LogP contribution in [0.2, 0.25) is 0 Å². The van der Waals surface area contributed by atoms with E-state index in [1.165, 1.54) is 64.2 Å². The highest BCUT2D eigenvalue weighted by atomic mass is 31.2. The summed E-state index contributed by atoms with van der Waals surface area (Å²) in [5.41, 5.74) is 0. The van der Waals surface area contributed by atoms with Crippen LogP contribution in [0, 0.1) is 0 Å². The van der Waals surface area contributed by atoms with Crippen LogP contribution in [0.15, 0.2) is 0 Å². The first-order valence-corrected chi connectivity index (χ1v) is 11.7. The van der Waals surface area contributed by atoms with Gasteiger partial charge < -0.3 is 14.3 Å². The minimum atomic E-state index is -4.40. The van der Waals surface area contributed by atoms with E-state index in [1.54, 1.807) is 0 Å². The van der Waals surface area contributed by atoms with Crippen molar-refractivity contribution in [2.45, 2.75) is 96.5 Å². The molecular weight excluding hydrogens is 337 g/mol. The van der Waals surface area contributed by atoms with Crippen LogP contribution in [-0.2, 0) is 9.09 Å². The molecule has 0 aromatic carbocycles. The summed E-state index contributed by atoms with van der Waals surface area (Å²) in [4.78, 5) is 18.1. The number of unbranched alkanes of at least 4 members (excludes halogenated alkanes) is 11. The highest BCUT2D eigenvalue weighted by Gasteiger charge is 2.26. The first-order chi connectivity index (χ1) is 11.6. The number of hydrogen-bond acceptors (Lipinski definition) is 2. The molecule has 0 aromatic heterocycles. The van der Waals surface area contributed by atoms with E-state index in [1.807, 2.05) is 21.1 Å². The molecule has 0 heterocycles. The fourth-order valence-corrected chi connectivity index (χ4v) is 3.76. The molecule has 0 aliphatic carbocycles. The van der Waals surface area contributed by atoms with E-state index in [0.29, 0.717) is 11.0 Å². The van der Waals surface area contributed by atoms with Gasteiger partial charge in [0.2, 0.25) is 0 Å². The summed E-state index contributed by atoms with van der Waals surface area (Å²) in [5.74, 6) is 0. The van der Waals surface area contributed by atoms with Crippen LogP contribution in [-0.4, -0.2) is 48.1 Å². The molecule has 152 valence electrons. The predicted octanol–water partition coefficient (Wildman–Crippen LogP) is 5.26. The Labute approximate surface area is 156 Å². The van der Waals surface area contributed by atoms with Crippen LogP contribution >= 0.6 is 7.82 Å². The third kappa shape index (κ3) is 20.2. The SMILES string of the molecule is CCCCCCCCCCCCCCC(C[N+](C)(C)C)OP(=O)(O)O. The Kier molecular flexibility index (Phi) is 14.2. The van der Waals surface area contributed by atoms with Gasteiger partial charge in [0.1, 0.15) is 12.6 Å². The Morgan fingerprint density at radius 3 is 1.56 bits per heavy atom. The zero-order chi connectivity index (χ0) is 19.2. The van der Waals surface area contributed by atoms with Crippen molar-refractivity contribution in [1.82, 2.24) is 0 Å². The van der Waals surface area contributed by atoms with Gasteiger partial charge in [0, 0.05) is 0 Å². The molecule has 1 unspecified atom stereocenters. The van der Waals surface area contributed by atoms with Gasteiger partial charge in [-0.2, -0.15) is 0 Å². The molecular formula is C19H43NO4P+. The van der Waals surface area contributed by atoms with Gasteiger partial charge in [-0.05, 0) is 6.42 Å². The molecule has 0 amide bonds. The molecule has 0 fully saturated rings. The number of phosphoric ester groups is 1. The second-order valence-corrected chi connectivity index (χ2v) is 9.56. The summed E-state index contributed by atoms with van der Waals surface area (Å²) in [7, 11) is 1.63. The lowest BCUT2D eigenvalue weighted by Gasteiger charge is -2.29. The fourth-order valence-electron chi connectivity index (χ4n) is 3.20. The van der Waals surface area contributed by atoms with Crippen molar-refractivity contribution in [1.29, 1.82) is 0 Å². The molecule has 0 saturated heterocycles. The third-order valence-electron chi connectivity index (χ3n) is 4.42. The fraction of sp³-hybridized carbons (Fsp3) is 1.00. The molecule has 1 atom stereocenters. The maximum absolute atomic E-state index is 11.1. The standard InChI is InChI=1S/C19H42NO4P/c1-5-6-7-8-9-10-11-12-13-14-15-16-17-19(18-20(2,3)4)24-25(21,22)23/h19H,5-18H2,1-4H3,(H-,21,22,23)/p+1. The van der Waals surface area contributed by atoms with Gasteiger partial charge in [-0.1, -0.05) is 84.0 Å². The van der Waals surface area contributed by atoms with Gasteiger partial charge in [0.25, 0.3) is 0 Å². The summed E-state index contributed by atoms with van der Waals surface area (Å²) >= 11 is 0. The zero-order valence-electron chi connectivity index (χ0n) is 17.1. The van der Waals surface area contributed by atoms with E-state index in [9.17, 15) is 4.57 Å².